The molecule has 0 spiro atoms. The van der Waals surface area contributed by atoms with E-state index < -0.39 is 0 Å². The van der Waals surface area contributed by atoms with Crippen LogP contribution in [0.25, 0.3) is 22.4 Å². The number of fused-ring (bicyclic) bond motifs is 1. The highest BCUT2D eigenvalue weighted by Gasteiger charge is 2.12. The Bertz CT molecular complexity index is 872. The van der Waals surface area contributed by atoms with Crippen molar-refractivity contribution < 1.29 is 0 Å². The van der Waals surface area contributed by atoms with Gasteiger partial charge < -0.3 is 4.57 Å². The van der Waals surface area contributed by atoms with Crippen molar-refractivity contribution in [2.45, 2.75) is 20.4 Å². The highest BCUT2D eigenvalue weighted by atomic mass is 35.5. The lowest BCUT2D eigenvalue weighted by Gasteiger charge is -2.07. The van der Waals surface area contributed by atoms with E-state index in [2.05, 4.69) is 22.5 Å². The van der Waals surface area contributed by atoms with Gasteiger partial charge in [-0.2, -0.15) is 5.26 Å². The summed E-state index contributed by atoms with van der Waals surface area (Å²) >= 11 is 6.23. The zero-order valence-corrected chi connectivity index (χ0v) is 12.6. The molecule has 0 amide bonds. The van der Waals surface area contributed by atoms with Crippen molar-refractivity contribution in [2.24, 2.45) is 0 Å². The van der Waals surface area contributed by atoms with Crippen molar-refractivity contribution in [2.75, 3.05) is 0 Å². The van der Waals surface area contributed by atoms with Gasteiger partial charge in [-0.05, 0) is 43.7 Å². The summed E-state index contributed by atoms with van der Waals surface area (Å²) in [6.45, 7) is 4.87. The number of rotatable bonds is 2. The second kappa shape index (κ2) is 5.23. The van der Waals surface area contributed by atoms with Gasteiger partial charge in [-0.3, -0.25) is 0 Å². The monoisotopic (exact) mass is 295 g/mol. The summed E-state index contributed by atoms with van der Waals surface area (Å²) in [4.78, 5) is 4.69. The zero-order valence-electron chi connectivity index (χ0n) is 11.9. The molecule has 0 atom stereocenters. The van der Waals surface area contributed by atoms with E-state index in [9.17, 15) is 0 Å². The number of aromatic nitrogens is 2. The maximum atomic E-state index is 9.01. The Morgan fingerprint density at radius 3 is 2.71 bits per heavy atom. The Morgan fingerprint density at radius 1 is 1.24 bits per heavy atom. The van der Waals surface area contributed by atoms with Gasteiger partial charge in [-0.25, -0.2) is 4.98 Å². The summed E-state index contributed by atoms with van der Waals surface area (Å²) in [6.07, 6.45) is 0. The molecule has 4 heteroatoms. The van der Waals surface area contributed by atoms with Crippen LogP contribution in [0.2, 0.25) is 5.02 Å². The molecule has 1 heterocycles. The molecule has 0 aliphatic heterocycles. The van der Waals surface area contributed by atoms with Gasteiger partial charge in [0.25, 0.3) is 0 Å². The number of halogens is 1. The second-order valence-electron chi connectivity index (χ2n) is 4.96. The molecule has 104 valence electrons. The Labute approximate surface area is 128 Å². The molecule has 0 saturated heterocycles. The van der Waals surface area contributed by atoms with Crippen LogP contribution in [-0.2, 0) is 6.54 Å². The molecular weight excluding hydrogens is 282 g/mol. The van der Waals surface area contributed by atoms with Gasteiger partial charge in [0, 0.05) is 17.1 Å². The molecule has 0 unspecified atom stereocenters. The predicted octanol–water partition coefficient (Wildman–Crippen LogP) is 4.56. The Morgan fingerprint density at radius 2 is 2.05 bits per heavy atom. The van der Waals surface area contributed by atoms with E-state index in [1.54, 1.807) is 0 Å². The zero-order chi connectivity index (χ0) is 15.0. The lowest BCUT2D eigenvalue weighted by Crippen LogP contribution is -1.97. The summed E-state index contributed by atoms with van der Waals surface area (Å²) in [6, 6.07) is 13.7. The Balaban J connectivity index is 2.26. The van der Waals surface area contributed by atoms with Crippen LogP contribution in [-0.4, -0.2) is 9.55 Å². The maximum Gasteiger partial charge on any atom is 0.141 e. The van der Waals surface area contributed by atoms with E-state index in [1.807, 2.05) is 43.3 Å². The van der Waals surface area contributed by atoms with Crippen LogP contribution < -0.4 is 0 Å². The number of nitrogens with zero attached hydrogens (tertiary/aromatic N) is 3. The fourth-order valence-corrected chi connectivity index (χ4v) is 2.65. The molecule has 3 aromatic rings. The third kappa shape index (κ3) is 2.28. The van der Waals surface area contributed by atoms with Gasteiger partial charge in [0.15, 0.2) is 0 Å². The average molecular weight is 296 g/mol. The van der Waals surface area contributed by atoms with Gasteiger partial charge in [-0.15, -0.1) is 0 Å². The smallest absolute Gasteiger partial charge is 0.141 e. The predicted molar refractivity (Wildman–Crippen MR) is 85.3 cm³/mol. The minimum atomic E-state index is 0.622. The van der Waals surface area contributed by atoms with Gasteiger partial charge in [0.05, 0.1) is 22.7 Å². The standard InChI is InChI=1S/C17H14ClN3/c1-3-21-16-7-5-12(10-19)8-15(16)20-17(21)13-6-4-11(2)14(18)9-13/h4-9H,3H2,1-2H3. The number of imidazole rings is 1. The molecule has 0 radical (unpaired) electrons. The van der Waals surface area contributed by atoms with Crippen LogP contribution in [0.1, 0.15) is 18.1 Å². The molecular formula is C17H14ClN3. The number of hydrogen-bond donors (Lipinski definition) is 0. The minimum absolute atomic E-state index is 0.622. The topological polar surface area (TPSA) is 41.6 Å². The van der Waals surface area contributed by atoms with Crippen molar-refractivity contribution in [3.05, 3.63) is 52.5 Å². The number of hydrogen-bond acceptors (Lipinski definition) is 2. The van der Waals surface area contributed by atoms with Gasteiger partial charge >= 0.3 is 0 Å². The summed E-state index contributed by atoms with van der Waals surface area (Å²) < 4.78 is 2.14. The van der Waals surface area contributed by atoms with Crippen molar-refractivity contribution in [3.8, 4) is 17.5 Å². The summed E-state index contributed by atoms with van der Waals surface area (Å²) in [5.74, 6) is 0.879. The average Bonchev–Trinajstić information content (AvgIpc) is 2.87. The van der Waals surface area contributed by atoms with E-state index in [0.29, 0.717) is 5.56 Å². The van der Waals surface area contributed by atoms with Crippen molar-refractivity contribution in [1.29, 1.82) is 5.26 Å². The molecule has 0 aliphatic rings. The van der Waals surface area contributed by atoms with Gasteiger partial charge in [0.1, 0.15) is 5.82 Å². The molecule has 3 rings (SSSR count). The maximum absolute atomic E-state index is 9.01. The molecule has 1 aromatic heterocycles. The fraction of sp³-hybridized carbons (Fsp3) is 0.176. The summed E-state index contributed by atoms with van der Waals surface area (Å²) in [5, 5.41) is 9.75. The quantitative estimate of drug-likeness (QED) is 0.695. The second-order valence-corrected chi connectivity index (χ2v) is 5.37. The molecule has 0 bridgehead atoms. The molecule has 0 aliphatic carbocycles. The first-order valence-electron chi connectivity index (χ1n) is 6.81. The first kappa shape index (κ1) is 13.7. The fourth-order valence-electron chi connectivity index (χ4n) is 2.47. The number of benzene rings is 2. The number of aryl methyl sites for hydroxylation is 2. The van der Waals surface area contributed by atoms with E-state index in [1.165, 1.54) is 0 Å². The molecule has 0 N–H and O–H groups in total. The highest BCUT2D eigenvalue weighted by molar-refractivity contribution is 6.31. The lowest BCUT2D eigenvalue weighted by atomic mass is 10.1. The normalized spacial score (nSPS) is 10.8. The van der Waals surface area contributed by atoms with Crippen molar-refractivity contribution in [3.63, 3.8) is 0 Å². The molecule has 2 aromatic carbocycles. The summed E-state index contributed by atoms with van der Waals surface area (Å²) in [7, 11) is 0. The molecule has 3 nitrogen and oxygen atoms in total. The third-order valence-electron chi connectivity index (χ3n) is 3.62. The van der Waals surface area contributed by atoms with Crippen molar-refractivity contribution in [1.82, 2.24) is 9.55 Å². The van der Waals surface area contributed by atoms with Crippen molar-refractivity contribution >= 4 is 22.6 Å². The lowest BCUT2D eigenvalue weighted by molar-refractivity contribution is 0.796. The number of nitriles is 1. The van der Waals surface area contributed by atoms with Gasteiger partial charge in [-0.1, -0.05) is 23.7 Å². The van der Waals surface area contributed by atoms with E-state index in [0.717, 1.165) is 39.6 Å². The van der Waals surface area contributed by atoms with Crippen LogP contribution >= 0.6 is 11.6 Å². The Kier molecular flexibility index (Phi) is 3.40. The largest absolute Gasteiger partial charge is 0.324 e. The Hall–Kier alpha value is -2.31. The van der Waals surface area contributed by atoms with Gasteiger partial charge in [0.2, 0.25) is 0 Å². The first-order valence-corrected chi connectivity index (χ1v) is 7.18. The molecule has 0 fully saturated rings. The molecule has 0 saturated carbocycles. The van der Waals surface area contributed by atoms with E-state index in [4.69, 9.17) is 16.9 Å². The SMILES string of the molecule is CCn1c(-c2ccc(C)c(Cl)c2)nc2cc(C#N)ccc21. The first-order chi connectivity index (χ1) is 10.1. The van der Waals surface area contributed by atoms with E-state index >= 15 is 0 Å². The van der Waals surface area contributed by atoms with E-state index in [-0.39, 0.29) is 0 Å². The molecule has 21 heavy (non-hydrogen) atoms. The summed E-state index contributed by atoms with van der Waals surface area (Å²) in [5.41, 5.74) is 4.52. The van der Waals surface area contributed by atoms with Crippen LogP contribution in [0.15, 0.2) is 36.4 Å². The minimum Gasteiger partial charge on any atom is -0.324 e. The van der Waals surface area contributed by atoms with Crippen LogP contribution in [0.4, 0.5) is 0 Å². The van der Waals surface area contributed by atoms with Crippen LogP contribution in [0.3, 0.4) is 0 Å². The van der Waals surface area contributed by atoms with Crippen LogP contribution in [0.5, 0.6) is 0 Å². The highest BCUT2D eigenvalue weighted by Crippen LogP contribution is 2.28. The third-order valence-corrected chi connectivity index (χ3v) is 4.03. The van der Waals surface area contributed by atoms with Crippen LogP contribution in [0, 0.1) is 18.3 Å².